The number of ether oxygens (including phenoxy) is 1. The van der Waals surface area contributed by atoms with Crippen LogP contribution in [0.25, 0.3) is 0 Å². The molecule has 0 saturated carbocycles. The normalized spacial score (nSPS) is 18.2. The Bertz CT molecular complexity index is 1180. The maximum Gasteiger partial charge on any atom is 0.341 e. The average Bonchev–Trinajstić information content (AvgIpc) is 3.29. The molecule has 4 rings (SSSR count). The van der Waals surface area contributed by atoms with Crippen LogP contribution in [0.3, 0.4) is 0 Å². The number of nitrogens with zero attached hydrogens (tertiary/aromatic N) is 5. The molecule has 3 heterocycles. The minimum Gasteiger partial charge on any atom is -0.468 e. The molecule has 0 spiro atoms. The van der Waals surface area contributed by atoms with Gasteiger partial charge in [-0.25, -0.2) is 23.6 Å². The van der Waals surface area contributed by atoms with Crippen LogP contribution in [-0.4, -0.2) is 66.2 Å². The first kappa shape index (κ1) is 28.0. The number of benzene rings is 1. The van der Waals surface area contributed by atoms with Crippen molar-refractivity contribution in [1.82, 2.24) is 19.9 Å². The monoisotopic (exact) mass is 549 g/mol. The minimum absolute atomic E-state index is 0.123. The van der Waals surface area contributed by atoms with Gasteiger partial charge in [0.25, 0.3) is 5.88 Å². The summed E-state index contributed by atoms with van der Waals surface area (Å²) in [5.41, 5.74) is 0.326. The third kappa shape index (κ3) is 6.34. The third-order valence-corrected chi connectivity index (χ3v) is 11.8. The molecule has 1 atom stereocenters. The quantitative estimate of drug-likeness (QED) is 0.323. The molecule has 12 heteroatoms. The first-order chi connectivity index (χ1) is 17.8. The fourth-order valence-electron chi connectivity index (χ4n) is 3.98. The minimum atomic E-state index is -1.84. The Labute approximate surface area is 222 Å². The van der Waals surface area contributed by atoms with Crippen LogP contribution in [0.1, 0.15) is 51.0 Å². The summed E-state index contributed by atoms with van der Waals surface area (Å²) in [5.74, 6) is -1.79. The van der Waals surface area contributed by atoms with Gasteiger partial charge in [0.1, 0.15) is 23.6 Å². The van der Waals surface area contributed by atoms with Crippen molar-refractivity contribution in [3.05, 3.63) is 53.2 Å². The van der Waals surface area contributed by atoms with E-state index in [1.54, 1.807) is 0 Å². The van der Waals surface area contributed by atoms with Crippen LogP contribution in [0, 0.1) is 17.5 Å². The zero-order valence-corrected chi connectivity index (χ0v) is 23.4. The van der Waals surface area contributed by atoms with Gasteiger partial charge in [-0.2, -0.15) is 14.5 Å². The number of aryl methyl sites for hydroxylation is 1. The van der Waals surface area contributed by atoms with E-state index >= 15 is 0 Å². The van der Waals surface area contributed by atoms with Crippen LogP contribution in [0.15, 0.2) is 29.5 Å². The summed E-state index contributed by atoms with van der Waals surface area (Å²) >= 11 is 0. The lowest BCUT2D eigenvalue weighted by Crippen LogP contribution is -2.59. The predicted molar refractivity (Wildman–Crippen MR) is 139 cm³/mol. The SMILES string of the molecule is CC(C)(C)[Si](C)(C)OCCCc1ncc(F)c(OC2CN(C(=O)N3N=CC[C@H]3c3cc(F)cc(F)c3)C2)n1. The molecule has 8 nitrogen and oxygen atoms in total. The zero-order valence-electron chi connectivity index (χ0n) is 22.4. The average molecular weight is 550 g/mol. The molecule has 2 amide bonds. The Morgan fingerprint density at radius 2 is 1.82 bits per heavy atom. The Morgan fingerprint density at radius 1 is 1.13 bits per heavy atom. The number of carbonyl (C=O) groups excluding carboxylic acids is 1. The van der Waals surface area contributed by atoms with Crippen molar-refractivity contribution in [2.75, 3.05) is 19.7 Å². The molecule has 2 aromatic rings. The second kappa shape index (κ2) is 11.0. The second-order valence-electron chi connectivity index (χ2n) is 11.2. The van der Waals surface area contributed by atoms with Gasteiger partial charge >= 0.3 is 6.03 Å². The van der Waals surface area contributed by atoms with E-state index in [0.717, 1.165) is 12.3 Å². The maximum absolute atomic E-state index is 14.3. The van der Waals surface area contributed by atoms with E-state index in [9.17, 15) is 18.0 Å². The fraction of sp³-hybridized carbons (Fsp3) is 0.538. The number of amides is 2. The highest BCUT2D eigenvalue weighted by Gasteiger charge is 2.40. The summed E-state index contributed by atoms with van der Waals surface area (Å²) in [5, 5.41) is 5.43. The fourth-order valence-corrected chi connectivity index (χ4v) is 5.07. The number of halogens is 3. The molecule has 2 aliphatic heterocycles. The number of hydrogen-bond acceptors (Lipinski definition) is 6. The van der Waals surface area contributed by atoms with Crippen LogP contribution in [-0.2, 0) is 10.8 Å². The molecular formula is C26H34F3N5O3Si. The molecule has 1 aromatic carbocycles. The van der Waals surface area contributed by atoms with Gasteiger partial charge in [-0.15, -0.1) is 0 Å². The lowest BCUT2D eigenvalue weighted by molar-refractivity contribution is 0.0227. The van der Waals surface area contributed by atoms with E-state index < -0.39 is 43.9 Å². The third-order valence-electron chi connectivity index (χ3n) is 7.27. The van der Waals surface area contributed by atoms with Crippen LogP contribution in [0.4, 0.5) is 18.0 Å². The number of carbonyl (C=O) groups is 1. The number of hydrazone groups is 1. The van der Waals surface area contributed by atoms with Gasteiger partial charge in [-0.3, -0.25) is 0 Å². The van der Waals surface area contributed by atoms with Crippen molar-refractivity contribution in [3.8, 4) is 5.88 Å². The molecule has 2 aliphatic rings. The van der Waals surface area contributed by atoms with Gasteiger partial charge < -0.3 is 14.1 Å². The molecule has 0 aliphatic carbocycles. The van der Waals surface area contributed by atoms with Gasteiger partial charge in [0.05, 0.1) is 25.3 Å². The molecule has 0 unspecified atom stereocenters. The zero-order chi connectivity index (χ0) is 27.7. The van der Waals surface area contributed by atoms with Gasteiger partial charge in [-0.05, 0) is 42.2 Å². The van der Waals surface area contributed by atoms with Crippen molar-refractivity contribution in [2.24, 2.45) is 5.10 Å². The van der Waals surface area contributed by atoms with Crippen LogP contribution in [0.5, 0.6) is 5.88 Å². The topological polar surface area (TPSA) is 80.2 Å². The smallest absolute Gasteiger partial charge is 0.341 e. The summed E-state index contributed by atoms with van der Waals surface area (Å²) in [6.07, 6.45) is 3.75. The summed E-state index contributed by atoms with van der Waals surface area (Å²) < 4.78 is 53.6. The molecule has 38 heavy (non-hydrogen) atoms. The highest BCUT2D eigenvalue weighted by molar-refractivity contribution is 6.74. The molecule has 0 bridgehead atoms. The van der Waals surface area contributed by atoms with E-state index in [1.165, 1.54) is 28.3 Å². The summed E-state index contributed by atoms with van der Waals surface area (Å²) in [6, 6.07) is 2.15. The number of likely N-dealkylation sites (tertiary alicyclic amines) is 1. The molecule has 1 fully saturated rings. The second-order valence-corrected chi connectivity index (χ2v) is 16.0. The van der Waals surface area contributed by atoms with Crippen molar-refractivity contribution >= 4 is 20.6 Å². The summed E-state index contributed by atoms with van der Waals surface area (Å²) in [4.78, 5) is 22.7. The van der Waals surface area contributed by atoms with Crippen LogP contribution < -0.4 is 4.74 Å². The number of urea groups is 1. The Balaban J connectivity index is 1.28. The van der Waals surface area contributed by atoms with Crippen molar-refractivity contribution in [3.63, 3.8) is 0 Å². The molecule has 206 valence electrons. The summed E-state index contributed by atoms with van der Waals surface area (Å²) in [6.45, 7) is 11.9. The highest BCUT2D eigenvalue weighted by Crippen LogP contribution is 2.36. The molecule has 1 saturated heterocycles. The molecule has 0 radical (unpaired) electrons. The Morgan fingerprint density at radius 3 is 2.47 bits per heavy atom. The standard InChI is InChI=1S/C26H34F3N5O3Si/c1-26(2,3)38(4,5)36-10-6-7-23-30-14-21(29)24(32-23)37-20-15-33(16-20)25(35)34-22(8-9-31-34)17-11-18(27)13-19(28)12-17/h9,11-14,20,22H,6-8,10,15-16H2,1-5H3/t22-/m0/s1. The van der Waals surface area contributed by atoms with Gasteiger partial charge in [0.2, 0.25) is 5.82 Å². The van der Waals surface area contributed by atoms with Crippen molar-refractivity contribution < 1.29 is 27.1 Å². The lowest BCUT2D eigenvalue weighted by atomic mass is 10.0. The Kier molecular flexibility index (Phi) is 8.12. The van der Waals surface area contributed by atoms with Gasteiger partial charge in [0.15, 0.2) is 8.32 Å². The summed E-state index contributed by atoms with van der Waals surface area (Å²) in [7, 11) is -1.84. The van der Waals surface area contributed by atoms with E-state index in [1.807, 2.05) is 0 Å². The first-order valence-electron chi connectivity index (χ1n) is 12.7. The first-order valence-corrected chi connectivity index (χ1v) is 15.6. The van der Waals surface area contributed by atoms with Crippen molar-refractivity contribution in [2.45, 2.75) is 70.3 Å². The number of rotatable bonds is 8. The molecule has 0 N–H and O–H groups in total. The van der Waals surface area contributed by atoms with Gasteiger partial charge in [-0.1, -0.05) is 20.8 Å². The maximum atomic E-state index is 14.3. The van der Waals surface area contributed by atoms with Crippen LogP contribution >= 0.6 is 0 Å². The van der Waals surface area contributed by atoms with Crippen molar-refractivity contribution in [1.29, 1.82) is 0 Å². The molecule has 1 aromatic heterocycles. The Hall–Kier alpha value is -2.99. The lowest BCUT2D eigenvalue weighted by Gasteiger charge is -2.40. The van der Waals surface area contributed by atoms with Crippen LogP contribution in [0.2, 0.25) is 18.1 Å². The van der Waals surface area contributed by atoms with E-state index in [2.05, 4.69) is 48.9 Å². The van der Waals surface area contributed by atoms with E-state index in [0.29, 0.717) is 37.3 Å². The highest BCUT2D eigenvalue weighted by atomic mass is 28.4. The number of hydrogen-bond donors (Lipinski definition) is 0. The number of aromatic nitrogens is 2. The largest absolute Gasteiger partial charge is 0.468 e. The molecular weight excluding hydrogens is 515 g/mol. The van der Waals surface area contributed by atoms with E-state index in [-0.39, 0.29) is 24.0 Å². The van der Waals surface area contributed by atoms with Gasteiger partial charge in [0, 0.05) is 31.7 Å². The van der Waals surface area contributed by atoms with E-state index in [4.69, 9.17) is 9.16 Å². The predicted octanol–water partition coefficient (Wildman–Crippen LogP) is 5.46.